The molecule has 1 aliphatic rings. The molecule has 1 unspecified atom stereocenters. The van der Waals surface area contributed by atoms with Crippen molar-refractivity contribution >= 4 is 46.4 Å². The number of carbonyl (C=O) groups is 1. The minimum atomic E-state index is -0.241. The molecule has 1 aromatic rings. The zero-order valence-electron chi connectivity index (χ0n) is 9.14. The van der Waals surface area contributed by atoms with Crippen molar-refractivity contribution in [3.8, 4) is 0 Å². The van der Waals surface area contributed by atoms with Crippen LogP contribution in [0.25, 0.3) is 0 Å². The van der Waals surface area contributed by atoms with Crippen LogP contribution >= 0.6 is 34.8 Å². The first kappa shape index (κ1) is 12.8. The van der Waals surface area contributed by atoms with E-state index in [1.165, 1.54) is 0 Å². The molecule has 17 heavy (non-hydrogen) atoms. The Labute approximate surface area is 115 Å². The quantitative estimate of drug-likeness (QED) is 0.849. The van der Waals surface area contributed by atoms with Gasteiger partial charge in [-0.05, 0) is 18.6 Å². The molecule has 1 fully saturated rings. The van der Waals surface area contributed by atoms with Gasteiger partial charge in [-0.3, -0.25) is 4.79 Å². The van der Waals surface area contributed by atoms with E-state index < -0.39 is 0 Å². The maximum Gasteiger partial charge on any atom is 0.244 e. The molecule has 1 aliphatic heterocycles. The third-order valence-corrected chi connectivity index (χ3v) is 3.80. The van der Waals surface area contributed by atoms with E-state index in [1.54, 1.807) is 24.1 Å². The lowest BCUT2D eigenvalue weighted by molar-refractivity contribution is -0.127. The summed E-state index contributed by atoms with van der Waals surface area (Å²) in [6.07, 6.45) is 0.756. The van der Waals surface area contributed by atoms with Gasteiger partial charge in [0.25, 0.3) is 0 Å². The lowest BCUT2D eigenvalue weighted by Gasteiger charge is -2.15. The summed E-state index contributed by atoms with van der Waals surface area (Å²) in [5.41, 5.74) is 0.634. The summed E-state index contributed by atoms with van der Waals surface area (Å²) in [5.74, 6) is 0.0622. The first-order chi connectivity index (χ1) is 7.99. The van der Waals surface area contributed by atoms with E-state index in [1.807, 2.05) is 0 Å². The summed E-state index contributed by atoms with van der Waals surface area (Å²) in [4.78, 5) is 13.4. The third-order valence-electron chi connectivity index (χ3n) is 2.77. The third kappa shape index (κ3) is 2.62. The number of likely N-dealkylation sites (N-methyl/N-ethyl adjacent to an activating group) is 1. The van der Waals surface area contributed by atoms with Crippen LogP contribution in [0.2, 0.25) is 15.1 Å². The Bertz CT molecular complexity index is 464. The molecule has 1 atom stereocenters. The number of rotatable bonds is 2. The summed E-state index contributed by atoms with van der Waals surface area (Å²) in [6.45, 7) is 0.745. The molecule has 1 aromatic carbocycles. The van der Waals surface area contributed by atoms with Crippen LogP contribution in [0.5, 0.6) is 0 Å². The average molecular weight is 294 g/mol. The van der Waals surface area contributed by atoms with E-state index in [9.17, 15) is 4.79 Å². The molecule has 0 radical (unpaired) electrons. The molecule has 2 rings (SSSR count). The summed E-state index contributed by atoms with van der Waals surface area (Å²) >= 11 is 17.8. The number of nitrogens with one attached hydrogen (secondary N) is 1. The highest BCUT2D eigenvalue weighted by atomic mass is 35.5. The van der Waals surface area contributed by atoms with Crippen molar-refractivity contribution in [3.05, 3.63) is 27.2 Å². The molecule has 0 aromatic heterocycles. The van der Waals surface area contributed by atoms with Gasteiger partial charge < -0.3 is 10.2 Å². The second-order valence-electron chi connectivity index (χ2n) is 3.99. The Kier molecular flexibility index (Phi) is 3.71. The molecule has 3 nitrogen and oxygen atoms in total. The molecule has 1 N–H and O–H groups in total. The van der Waals surface area contributed by atoms with Crippen LogP contribution in [0, 0.1) is 0 Å². The molecule has 0 aliphatic carbocycles. The van der Waals surface area contributed by atoms with E-state index in [0.717, 1.165) is 13.0 Å². The minimum absolute atomic E-state index is 0.0622. The number of hydrogen-bond donors (Lipinski definition) is 1. The van der Waals surface area contributed by atoms with E-state index in [4.69, 9.17) is 34.8 Å². The van der Waals surface area contributed by atoms with E-state index >= 15 is 0 Å². The standard InChI is InChI=1S/C11H11Cl3N2O/c1-16-3-2-9(11(16)17)15-10-5-7(13)6(12)4-8(10)14/h4-5,9,15H,2-3H2,1H3. The van der Waals surface area contributed by atoms with Crippen LogP contribution in [0.1, 0.15) is 6.42 Å². The molecule has 92 valence electrons. The minimum Gasteiger partial charge on any atom is -0.372 e. The summed E-state index contributed by atoms with van der Waals surface area (Å²) in [7, 11) is 1.78. The number of benzene rings is 1. The zero-order chi connectivity index (χ0) is 12.6. The first-order valence-electron chi connectivity index (χ1n) is 5.15. The van der Waals surface area contributed by atoms with Gasteiger partial charge in [-0.15, -0.1) is 0 Å². The van der Waals surface area contributed by atoms with Crippen molar-refractivity contribution in [2.75, 3.05) is 18.9 Å². The van der Waals surface area contributed by atoms with Gasteiger partial charge in [0.2, 0.25) is 5.91 Å². The number of nitrogens with zero attached hydrogens (tertiary/aromatic N) is 1. The van der Waals surface area contributed by atoms with Crippen LogP contribution in [0.3, 0.4) is 0 Å². The van der Waals surface area contributed by atoms with Gasteiger partial charge >= 0.3 is 0 Å². The lowest BCUT2D eigenvalue weighted by atomic mass is 10.2. The highest BCUT2D eigenvalue weighted by molar-refractivity contribution is 6.44. The van der Waals surface area contributed by atoms with Crippen LogP contribution in [0.15, 0.2) is 12.1 Å². The summed E-state index contributed by atoms with van der Waals surface area (Å²) in [5, 5.41) is 4.37. The van der Waals surface area contributed by atoms with Crippen LogP contribution in [0.4, 0.5) is 5.69 Å². The molecule has 1 heterocycles. The lowest BCUT2D eigenvalue weighted by Crippen LogP contribution is -2.31. The molecule has 1 saturated heterocycles. The number of halogens is 3. The summed E-state index contributed by atoms with van der Waals surface area (Å²) < 4.78 is 0. The zero-order valence-corrected chi connectivity index (χ0v) is 11.4. The van der Waals surface area contributed by atoms with Crippen molar-refractivity contribution < 1.29 is 4.79 Å². The molecular formula is C11H11Cl3N2O. The fraction of sp³-hybridized carbons (Fsp3) is 0.364. The van der Waals surface area contributed by atoms with Crippen molar-refractivity contribution in [2.24, 2.45) is 0 Å². The highest BCUT2D eigenvalue weighted by Crippen LogP contribution is 2.33. The number of hydrogen-bond acceptors (Lipinski definition) is 2. The van der Waals surface area contributed by atoms with Crippen LogP contribution in [-0.2, 0) is 4.79 Å². The molecule has 0 saturated carbocycles. The van der Waals surface area contributed by atoms with Crippen molar-refractivity contribution in [2.45, 2.75) is 12.5 Å². The van der Waals surface area contributed by atoms with Crippen molar-refractivity contribution in [1.29, 1.82) is 0 Å². The number of anilines is 1. The largest absolute Gasteiger partial charge is 0.372 e. The summed E-state index contributed by atoms with van der Waals surface area (Å²) in [6, 6.07) is 2.96. The number of likely N-dealkylation sites (tertiary alicyclic amines) is 1. The monoisotopic (exact) mass is 292 g/mol. The van der Waals surface area contributed by atoms with Gasteiger partial charge in [0.05, 0.1) is 20.8 Å². The topological polar surface area (TPSA) is 32.3 Å². The van der Waals surface area contributed by atoms with Crippen molar-refractivity contribution in [1.82, 2.24) is 4.90 Å². The number of carbonyl (C=O) groups excluding carboxylic acids is 1. The Morgan fingerprint density at radius 1 is 1.24 bits per heavy atom. The average Bonchev–Trinajstić information content (AvgIpc) is 2.58. The van der Waals surface area contributed by atoms with Gasteiger partial charge in [0, 0.05) is 13.6 Å². The van der Waals surface area contributed by atoms with E-state index in [-0.39, 0.29) is 11.9 Å². The Balaban J connectivity index is 2.19. The fourth-order valence-corrected chi connectivity index (χ4v) is 2.38. The van der Waals surface area contributed by atoms with Gasteiger partial charge in [0.15, 0.2) is 0 Å². The van der Waals surface area contributed by atoms with Gasteiger partial charge in [-0.25, -0.2) is 0 Å². The molecule has 0 spiro atoms. The smallest absolute Gasteiger partial charge is 0.244 e. The predicted molar refractivity (Wildman–Crippen MR) is 71.1 cm³/mol. The molecule has 1 amide bonds. The second-order valence-corrected chi connectivity index (χ2v) is 5.21. The maximum atomic E-state index is 11.7. The fourth-order valence-electron chi connectivity index (χ4n) is 1.78. The van der Waals surface area contributed by atoms with Gasteiger partial charge in [0.1, 0.15) is 6.04 Å². The van der Waals surface area contributed by atoms with Crippen LogP contribution in [-0.4, -0.2) is 30.4 Å². The van der Waals surface area contributed by atoms with E-state index in [2.05, 4.69) is 5.32 Å². The Hall–Kier alpha value is -0.640. The predicted octanol–water partition coefficient (Wildman–Crippen LogP) is 3.29. The number of amides is 1. The Morgan fingerprint density at radius 2 is 1.88 bits per heavy atom. The maximum absolute atomic E-state index is 11.7. The van der Waals surface area contributed by atoms with Gasteiger partial charge in [-0.2, -0.15) is 0 Å². The normalized spacial score (nSPS) is 19.9. The second kappa shape index (κ2) is 4.92. The first-order valence-corrected chi connectivity index (χ1v) is 6.28. The molecule has 0 bridgehead atoms. The molecular weight excluding hydrogens is 282 g/mol. The molecule has 6 heteroatoms. The van der Waals surface area contributed by atoms with Gasteiger partial charge in [-0.1, -0.05) is 34.8 Å². The van der Waals surface area contributed by atoms with E-state index in [0.29, 0.717) is 20.8 Å². The van der Waals surface area contributed by atoms with Crippen molar-refractivity contribution in [3.63, 3.8) is 0 Å². The Morgan fingerprint density at radius 3 is 2.47 bits per heavy atom. The van der Waals surface area contributed by atoms with Crippen LogP contribution < -0.4 is 5.32 Å². The SMILES string of the molecule is CN1CCC(Nc2cc(Cl)c(Cl)cc2Cl)C1=O. The highest BCUT2D eigenvalue weighted by Gasteiger charge is 2.29.